The summed E-state index contributed by atoms with van der Waals surface area (Å²) in [7, 11) is 0. The molecule has 0 heterocycles. The van der Waals surface area contributed by atoms with Crippen molar-refractivity contribution in [2.45, 2.75) is 10.6 Å². The summed E-state index contributed by atoms with van der Waals surface area (Å²) in [5, 5.41) is 0.597. The molecule has 2 aromatic rings. The van der Waals surface area contributed by atoms with E-state index in [1.165, 1.54) is 10.5 Å². The highest BCUT2D eigenvalue weighted by Crippen LogP contribution is 2.19. The van der Waals surface area contributed by atoms with Gasteiger partial charge < -0.3 is 5.73 Å². The maximum absolute atomic E-state index is 5.92. The zero-order valence-corrected chi connectivity index (χ0v) is 12.4. The van der Waals surface area contributed by atoms with E-state index in [9.17, 15) is 0 Å². The Morgan fingerprint density at radius 3 is 2.37 bits per heavy atom. The van der Waals surface area contributed by atoms with Gasteiger partial charge in [0, 0.05) is 10.6 Å². The Labute approximate surface area is 122 Å². The third kappa shape index (κ3) is 4.65. The monoisotopic (exact) mass is 288 g/mol. The maximum atomic E-state index is 5.92. The van der Waals surface area contributed by atoms with Crippen LogP contribution in [0.4, 0.5) is 5.69 Å². The zero-order chi connectivity index (χ0) is 13.5. The van der Waals surface area contributed by atoms with Crippen LogP contribution in [0, 0.1) is 0 Å². The van der Waals surface area contributed by atoms with Crippen LogP contribution in [0.2, 0.25) is 0 Å². The van der Waals surface area contributed by atoms with Gasteiger partial charge in [-0.05, 0) is 36.1 Å². The fourth-order valence-electron chi connectivity index (χ4n) is 1.54. The number of benzene rings is 2. The number of nitrogens with zero attached hydrogens (tertiary/aromatic N) is 1. The largest absolute Gasteiger partial charge is 0.378 e. The van der Waals surface area contributed by atoms with Gasteiger partial charge in [0.15, 0.2) is 5.17 Å². The molecule has 0 unspecified atom stereocenters. The SMILES string of the molecule is CSc1ccc(CSC(N)=Nc2ccccc2)cc1. The maximum Gasteiger partial charge on any atom is 0.159 e. The molecule has 0 aromatic heterocycles. The van der Waals surface area contributed by atoms with E-state index < -0.39 is 0 Å². The lowest BCUT2D eigenvalue weighted by Gasteiger charge is -2.03. The molecule has 0 atom stereocenters. The topological polar surface area (TPSA) is 38.4 Å². The normalized spacial score (nSPS) is 11.5. The molecule has 0 spiro atoms. The number of nitrogens with two attached hydrogens (primary N) is 1. The van der Waals surface area contributed by atoms with E-state index in [1.54, 1.807) is 23.5 Å². The molecule has 2 nitrogen and oxygen atoms in total. The van der Waals surface area contributed by atoms with Crippen LogP contribution in [0.5, 0.6) is 0 Å². The van der Waals surface area contributed by atoms with E-state index in [0.29, 0.717) is 5.17 Å². The minimum atomic E-state index is 0.597. The molecular weight excluding hydrogens is 272 g/mol. The summed E-state index contributed by atoms with van der Waals surface area (Å²) in [6, 6.07) is 18.3. The molecule has 0 amide bonds. The molecule has 0 radical (unpaired) electrons. The summed E-state index contributed by atoms with van der Waals surface area (Å²) in [6.45, 7) is 0. The zero-order valence-electron chi connectivity index (χ0n) is 10.7. The van der Waals surface area contributed by atoms with Gasteiger partial charge in [-0.1, -0.05) is 42.1 Å². The first-order valence-electron chi connectivity index (χ1n) is 5.93. The van der Waals surface area contributed by atoms with Crippen molar-refractivity contribution in [3.8, 4) is 0 Å². The van der Waals surface area contributed by atoms with Gasteiger partial charge in [0.05, 0.1) is 5.69 Å². The van der Waals surface area contributed by atoms with Crippen LogP contribution in [-0.4, -0.2) is 11.4 Å². The van der Waals surface area contributed by atoms with E-state index >= 15 is 0 Å². The quantitative estimate of drug-likeness (QED) is 0.518. The van der Waals surface area contributed by atoms with Crippen molar-refractivity contribution in [2.24, 2.45) is 10.7 Å². The molecule has 0 aliphatic heterocycles. The lowest BCUT2D eigenvalue weighted by molar-refractivity contribution is 1.35. The van der Waals surface area contributed by atoms with Crippen LogP contribution >= 0.6 is 23.5 Å². The molecule has 0 aliphatic carbocycles. The van der Waals surface area contributed by atoms with Crippen LogP contribution in [-0.2, 0) is 5.75 Å². The highest BCUT2D eigenvalue weighted by molar-refractivity contribution is 8.13. The van der Waals surface area contributed by atoms with Crippen LogP contribution in [0.25, 0.3) is 0 Å². The molecule has 4 heteroatoms. The number of aliphatic imine (C=N–C) groups is 1. The number of thioether (sulfide) groups is 2. The van der Waals surface area contributed by atoms with E-state index in [0.717, 1.165) is 11.4 Å². The lowest BCUT2D eigenvalue weighted by atomic mass is 10.2. The van der Waals surface area contributed by atoms with Crippen molar-refractivity contribution in [1.29, 1.82) is 0 Å². The van der Waals surface area contributed by atoms with Gasteiger partial charge in [0.2, 0.25) is 0 Å². The molecule has 2 rings (SSSR count). The molecule has 0 aliphatic rings. The molecule has 0 bridgehead atoms. The lowest BCUT2D eigenvalue weighted by Crippen LogP contribution is -2.06. The number of hydrogen-bond acceptors (Lipinski definition) is 3. The first-order valence-corrected chi connectivity index (χ1v) is 8.14. The standard InChI is InChI=1S/C15H16N2S2/c1-18-14-9-7-12(8-10-14)11-19-15(16)17-13-5-3-2-4-6-13/h2-10H,11H2,1H3,(H2,16,17). The van der Waals surface area contributed by atoms with Crippen molar-refractivity contribution < 1.29 is 0 Å². The smallest absolute Gasteiger partial charge is 0.159 e. The second-order valence-corrected chi connectivity index (χ2v) is 5.80. The van der Waals surface area contributed by atoms with Gasteiger partial charge >= 0.3 is 0 Å². The summed E-state index contributed by atoms with van der Waals surface area (Å²) >= 11 is 3.31. The second kappa shape index (κ2) is 7.26. The molecule has 98 valence electrons. The average Bonchev–Trinajstić information content (AvgIpc) is 2.47. The van der Waals surface area contributed by atoms with E-state index in [1.807, 2.05) is 30.3 Å². The first kappa shape index (κ1) is 14.0. The minimum absolute atomic E-state index is 0.597. The third-order valence-electron chi connectivity index (χ3n) is 2.54. The van der Waals surface area contributed by atoms with Gasteiger partial charge in [-0.3, -0.25) is 0 Å². The Balaban J connectivity index is 1.92. The molecule has 0 saturated heterocycles. The van der Waals surface area contributed by atoms with Crippen molar-refractivity contribution in [3.63, 3.8) is 0 Å². The summed E-state index contributed by atoms with van der Waals surface area (Å²) < 4.78 is 0. The molecule has 0 saturated carbocycles. The number of rotatable bonds is 4. The van der Waals surface area contributed by atoms with Gasteiger partial charge in [0.1, 0.15) is 0 Å². The van der Waals surface area contributed by atoms with Gasteiger partial charge in [0.25, 0.3) is 0 Å². The van der Waals surface area contributed by atoms with E-state index in [-0.39, 0.29) is 0 Å². The Hall–Kier alpha value is -1.39. The summed E-state index contributed by atoms with van der Waals surface area (Å²) in [5.74, 6) is 0.844. The predicted octanol–water partition coefficient (Wildman–Crippen LogP) is 4.29. The van der Waals surface area contributed by atoms with Gasteiger partial charge in [-0.25, -0.2) is 4.99 Å². The summed E-state index contributed by atoms with van der Waals surface area (Å²) in [6.07, 6.45) is 2.08. The molecule has 19 heavy (non-hydrogen) atoms. The number of hydrogen-bond donors (Lipinski definition) is 1. The van der Waals surface area contributed by atoms with E-state index in [2.05, 4.69) is 35.5 Å². The summed E-state index contributed by atoms with van der Waals surface area (Å²) in [5.41, 5.74) is 8.07. The fourth-order valence-corrected chi connectivity index (χ4v) is 2.63. The fraction of sp³-hybridized carbons (Fsp3) is 0.133. The molecular formula is C15H16N2S2. The van der Waals surface area contributed by atoms with Gasteiger partial charge in [-0.15, -0.1) is 11.8 Å². The Bertz CT molecular complexity index is 536. The number of amidine groups is 1. The molecule has 2 aromatic carbocycles. The molecule has 2 N–H and O–H groups in total. The Morgan fingerprint density at radius 1 is 1.05 bits per heavy atom. The highest BCUT2D eigenvalue weighted by atomic mass is 32.2. The first-order chi connectivity index (χ1) is 9.28. The van der Waals surface area contributed by atoms with Crippen molar-refractivity contribution >= 4 is 34.4 Å². The van der Waals surface area contributed by atoms with Crippen LogP contribution < -0.4 is 5.73 Å². The third-order valence-corrected chi connectivity index (χ3v) is 4.15. The predicted molar refractivity (Wildman–Crippen MR) is 87.2 cm³/mol. The van der Waals surface area contributed by atoms with Crippen molar-refractivity contribution in [3.05, 3.63) is 60.2 Å². The van der Waals surface area contributed by atoms with Crippen LogP contribution in [0.15, 0.2) is 64.5 Å². The number of para-hydroxylation sites is 1. The van der Waals surface area contributed by atoms with Crippen molar-refractivity contribution in [1.82, 2.24) is 0 Å². The highest BCUT2D eigenvalue weighted by Gasteiger charge is 1.98. The Kier molecular flexibility index (Phi) is 5.36. The van der Waals surface area contributed by atoms with E-state index in [4.69, 9.17) is 5.73 Å². The summed E-state index contributed by atoms with van der Waals surface area (Å²) in [4.78, 5) is 5.64. The van der Waals surface area contributed by atoms with Crippen molar-refractivity contribution in [2.75, 3.05) is 6.26 Å². The van der Waals surface area contributed by atoms with Gasteiger partial charge in [-0.2, -0.15) is 0 Å². The van der Waals surface area contributed by atoms with Crippen LogP contribution in [0.1, 0.15) is 5.56 Å². The molecule has 0 fully saturated rings. The van der Waals surface area contributed by atoms with Crippen LogP contribution in [0.3, 0.4) is 0 Å². The Morgan fingerprint density at radius 2 is 1.74 bits per heavy atom. The average molecular weight is 288 g/mol. The second-order valence-electron chi connectivity index (χ2n) is 3.92. The minimum Gasteiger partial charge on any atom is -0.378 e.